The van der Waals surface area contributed by atoms with Gasteiger partial charge in [-0.1, -0.05) is 32.9 Å². The number of hydrogen-bond acceptors (Lipinski definition) is 4. The van der Waals surface area contributed by atoms with Crippen LogP contribution in [0.3, 0.4) is 0 Å². The second-order valence-electron chi connectivity index (χ2n) is 7.55. The number of amides is 2. The van der Waals surface area contributed by atoms with E-state index in [4.69, 9.17) is 9.47 Å². The maximum atomic E-state index is 12.3. The predicted molar refractivity (Wildman–Crippen MR) is 100 cm³/mol. The molecule has 1 heterocycles. The molecule has 26 heavy (non-hydrogen) atoms. The molecular formula is C20H30N2O4. The van der Waals surface area contributed by atoms with Gasteiger partial charge in [-0.2, -0.15) is 0 Å². The van der Waals surface area contributed by atoms with E-state index in [1.54, 1.807) is 6.07 Å². The molecule has 1 aromatic rings. The van der Waals surface area contributed by atoms with Crippen molar-refractivity contribution in [2.45, 2.75) is 46.6 Å². The largest absolute Gasteiger partial charge is 0.490 e. The molecule has 0 unspecified atom stereocenters. The van der Waals surface area contributed by atoms with E-state index in [2.05, 4.69) is 5.32 Å². The maximum Gasteiger partial charge on any atom is 0.258 e. The van der Waals surface area contributed by atoms with Gasteiger partial charge in [0.25, 0.3) is 5.91 Å². The molecule has 1 aliphatic heterocycles. The highest BCUT2D eigenvalue weighted by Crippen LogP contribution is 2.26. The minimum absolute atomic E-state index is 0.0504. The average Bonchev–Trinajstić information content (AvgIpc) is 2.60. The summed E-state index contributed by atoms with van der Waals surface area (Å²) in [7, 11) is 0. The summed E-state index contributed by atoms with van der Waals surface area (Å²) in [4.78, 5) is 26.4. The normalized spacial score (nSPS) is 15.5. The summed E-state index contributed by atoms with van der Waals surface area (Å²) in [5, 5.41) is 3.00. The van der Waals surface area contributed by atoms with E-state index in [-0.39, 0.29) is 29.9 Å². The second-order valence-corrected chi connectivity index (χ2v) is 7.55. The van der Waals surface area contributed by atoms with Crippen LogP contribution in [0.15, 0.2) is 24.3 Å². The minimum Gasteiger partial charge on any atom is -0.490 e. The van der Waals surface area contributed by atoms with Gasteiger partial charge in [0, 0.05) is 24.5 Å². The van der Waals surface area contributed by atoms with E-state index < -0.39 is 0 Å². The lowest BCUT2D eigenvalue weighted by Crippen LogP contribution is -2.49. The van der Waals surface area contributed by atoms with E-state index in [1.807, 2.05) is 50.8 Å². The number of nitrogens with zero attached hydrogens (tertiary/aromatic N) is 1. The number of likely N-dealkylation sites (tertiary alicyclic amines) is 1. The number of nitrogens with one attached hydrogen (secondary N) is 1. The summed E-state index contributed by atoms with van der Waals surface area (Å²) in [5.41, 5.74) is -0.363. The van der Waals surface area contributed by atoms with Crippen molar-refractivity contribution < 1.29 is 19.1 Å². The van der Waals surface area contributed by atoms with Gasteiger partial charge in [0.05, 0.1) is 6.61 Å². The second kappa shape index (κ2) is 8.92. The van der Waals surface area contributed by atoms with Gasteiger partial charge in [0.1, 0.15) is 0 Å². The summed E-state index contributed by atoms with van der Waals surface area (Å²) in [6.07, 6.45) is 1.53. The quantitative estimate of drug-likeness (QED) is 0.845. The molecule has 2 rings (SSSR count). The fourth-order valence-electron chi connectivity index (χ4n) is 2.96. The van der Waals surface area contributed by atoms with Gasteiger partial charge >= 0.3 is 0 Å². The Balaban J connectivity index is 1.77. The molecule has 2 amide bonds. The smallest absolute Gasteiger partial charge is 0.258 e. The minimum atomic E-state index is -0.363. The van der Waals surface area contributed by atoms with Crippen molar-refractivity contribution in [3.63, 3.8) is 0 Å². The molecule has 0 bridgehead atoms. The lowest BCUT2D eigenvalue weighted by Gasteiger charge is -2.36. The van der Waals surface area contributed by atoms with E-state index in [1.165, 1.54) is 0 Å². The molecule has 0 atom stereocenters. The first-order chi connectivity index (χ1) is 12.3. The van der Waals surface area contributed by atoms with E-state index in [0.717, 1.165) is 12.8 Å². The van der Waals surface area contributed by atoms with Crippen molar-refractivity contribution in [1.29, 1.82) is 0 Å². The molecule has 0 saturated carbocycles. The molecule has 0 radical (unpaired) electrons. The molecule has 1 saturated heterocycles. The fourth-order valence-corrected chi connectivity index (χ4v) is 2.96. The molecule has 6 nitrogen and oxygen atoms in total. The van der Waals surface area contributed by atoms with Gasteiger partial charge in [0.2, 0.25) is 5.91 Å². The highest BCUT2D eigenvalue weighted by molar-refractivity contribution is 5.81. The standard InChI is InChI=1S/C20H30N2O4/c1-5-25-16-8-6-7-9-17(16)26-14-18(23)21-15-10-12-22(13-11-15)19(24)20(2,3)4/h6-9,15H,5,10-14H2,1-4H3,(H,21,23). The van der Waals surface area contributed by atoms with E-state index in [0.29, 0.717) is 31.2 Å². The summed E-state index contributed by atoms with van der Waals surface area (Å²) in [5.74, 6) is 1.21. The molecule has 144 valence electrons. The lowest BCUT2D eigenvalue weighted by atomic mass is 9.93. The van der Waals surface area contributed by atoms with Crippen LogP contribution in [0.1, 0.15) is 40.5 Å². The zero-order chi connectivity index (χ0) is 19.2. The van der Waals surface area contributed by atoms with Crippen LogP contribution in [0, 0.1) is 5.41 Å². The summed E-state index contributed by atoms with van der Waals surface area (Å²) < 4.78 is 11.1. The van der Waals surface area contributed by atoms with Gasteiger partial charge in [-0.15, -0.1) is 0 Å². The zero-order valence-corrected chi connectivity index (χ0v) is 16.2. The number of hydrogen-bond donors (Lipinski definition) is 1. The van der Waals surface area contributed by atoms with Crippen LogP contribution in [0.5, 0.6) is 11.5 Å². The number of ether oxygens (including phenoxy) is 2. The molecule has 0 spiro atoms. The Morgan fingerprint density at radius 3 is 2.23 bits per heavy atom. The van der Waals surface area contributed by atoms with Crippen molar-refractivity contribution >= 4 is 11.8 Å². The van der Waals surface area contributed by atoms with Gasteiger partial charge in [-0.05, 0) is 31.9 Å². The Kier molecular flexibility index (Phi) is 6.89. The Labute approximate surface area is 155 Å². The maximum absolute atomic E-state index is 12.3. The Morgan fingerprint density at radius 1 is 1.12 bits per heavy atom. The van der Waals surface area contributed by atoms with Crippen LogP contribution in [-0.2, 0) is 9.59 Å². The molecule has 1 aromatic carbocycles. The van der Waals surface area contributed by atoms with Crippen LogP contribution in [0.25, 0.3) is 0 Å². The highest BCUT2D eigenvalue weighted by Gasteiger charge is 2.30. The number of carbonyl (C=O) groups is 2. The van der Waals surface area contributed by atoms with Crippen molar-refractivity contribution in [2.24, 2.45) is 5.41 Å². The van der Waals surface area contributed by atoms with Gasteiger partial charge in [0.15, 0.2) is 18.1 Å². The van der Waals surface area contributed by atoms with Gasteiger partial charge in [-0.3, -0.25) is 9.59 Å². The Bertz CT molecular complexity index is 616. The average molecular weight is 362 g/mol. The van der Waals surface area contributed by atoms with Crippen LogP contribution in [0.4, 0.5) is 0 Å². The van der Waals surface area contributed by atoms with Crippen LogP contribution < -0.4 is 14.8 Å². The zero-order valence-electron chi connectivity index (χ0n) is 16.2. The molecule has 1 N–H and O–H groups in total. The van der Waals surface area contributed by atoms with E-state index in [9.17, 15) is 9.59 Å². The first-order valence-electron chi connectivity index (χ1n) is 9.24. The van der Waals surface area contributed by atoms with Crippen molar-refractivity contribution in [3.05, 3.63) is 24.3 Å². The number of benzene rings is 1. The Hall–Kier alpha value is -2.24. The monoisotopic (exact) mass is 362 g/mol. The lowest BCUT2D eigenvalue weighted by molar-refractivity contribution is -0.140. The summed E-state index contributed by atoms with van der Waals surface area (Å²) >= 11 is 0. The van der Waals surface area contributed by atoms with Crippen molar-refractivity contribution in [3.8, 4) is 11.5 Å². The van der Waals surface area contributed by atoms with Crippen LogP contribution >= 0.6 is 0 Å². The third-order valence-electron chi connectivity index (χ3n) is 4.30. The molecule has 1 aliphatic rings. The first kappa shape index (κ1) is 20.1. The molecule has 0 aromatic heterocycles. The number of rotatable bonds is 6. The summed E-state index contributed by atoms with van der Waals surface area (Å²) in [6, 6.07) is 7.40. The SMILES string of the molecule is CCOc1ccccc1OCC(=O)NC1CCN(C(=O)C(C)(C)C)CC1. The van der Waals surface area contributed by atoms with Crippen molar-refractivity contribution in [1.82, 2.24) is 10.2 Å². The topological polar surface area (TPSA) is 67.9 Å². The number of carbonyl (C=O) groups excluding carboxylic acids is 2. The molecule has 0 aliphatic carbocycles. The molecule has 1 fully saturated rings. The third-order valence-corrected chi connectivity index (χ3v) is 4.30. The number of piperidine rings is 1. The van der Waals surface area contributed by atoms with Crippen LogP contribution in [-0.4, -0.2) is 49.1 Å². The molecule has 6 heteroatoms. The van der Waals surface area contributed by atoms with Crippen molar-refractivity contribution in [2.75, 3.05) is 26.3 Å². The van der Waals surface area contributed by atoms with Gasteiger partial charge < -0.3 is 19.7 Å². The first-order valence-corrected chi connectivity index (χ1v) is 9.24. The Morgan fingerprint density at radius 2 is 1.69 bits per heavy atom. The van der Waals surface area contributed by atoms with Gasteiger partial charge in [-0.25, -0.2) is 0 Å². The van der Waals surface area contributed by atoms with Crippen LogP contribution in [0.2, 0.25) is 0 Å². The number of para-hydroxylation sites is 2. The third kappa shape index (κ3) is 5.64. The summed E-state index contributed by atoms with van der Waals surface area (Å²) in [6.45, 7) is 9.54. The van der Waals surface area contributed by atoms with E-state index >= 15 is 0 Å². The highest BCUT2D eigenvalue weighted by atomic mass is 16.5. The molecular weight excluding hydrogens is 332 g/mol. The predicted octanol–water partition coefficient (Wildman–Crippen LogP) is 2.62. The fraction of sp³-hybridized carbons (Fsp3) is 0.600.